The Morgan fingerprint density at radius 3 is 2.00 bits per heavy atom. The first-order valence-electron chi connectivity index (χ1n) is 3.69. The molecule has 0 fully saturated rings. The number of carboxylic acid groups (broad SMARTS) is 1. The number of alkyl halides is 3. The van der Waals surface area contributed by atoms with Gasteiger partial charge in [0.05, 0.1) is 6.42 Å². The highest BCUT2D eigenvalue weighted by molar-refractivity contribution is 6.21. The van der Waals surface area contributed by atoms with Crippen LogP contribution in [0.2, 0.25) is 0 Å². The van der Waals surface area contributed by atoms with Crippen LogP contribution >= 0.6 is 11.6 Å². The zero-order valence-electron chi connectivity index (χ0n) is 7.56. The molecule has 0 aromatic heterocycles. The van der Waals surface area contributed by atoms with Gasteiger partial charge in [0.2, 0.25) is 0 Å². The van der Waals surface area contributed by atoms with Crippen LogP contribution in [0, 0.1) is 0 Å². The third-order valence-electron chi connectivity index (χ3n) is 0.622. The number of hydrogen-bond donors (Lipinski definition) is 2. The standard InChI is InChI=1S/C4H5ClF2O2.C3H9N/c5-4(6,7)2-1-3(8)9;1-3(2)4/h1-2H2,(H,8,9);3H,4H2,1-2H3. The van der Waals surface area contributed by atoms with Gasteiger partial charge in [-0.05, 0) is 17.6 Å². The van der Waals surface area contributed by atoms with Gasteiger partial charge in [0.15, 0.2) is 0 Å². The molecule has 6 heteroatoms. The molecule has 0 aromatic carbocycles. The highest BCUT2D eigenvalue weighted by Gasteiger charge is 2.24. The first-order valence-corrected chi connectivity index (χ1v) is 4.07. The molecule has 13 heavy (non-hydrogen) atoms. The van der Waals surface area contributed by atoms with E-state index in [0.717, 1.165) is 0 Å². The molecule has 0 atom stereocenters. The monoisotopic (exact) mass is 217 g/mol. The van der Waals surface area contributed by atoms with Crippen molar-refractivity contribution in [2.24, 2.45) is 5.73 Å². The molecule has 0 rings (SSSR count). The molecule has 0 spiro atoms. The lowest BCUT2D eigenvalue weighted by molar-refractivity contribution is -0.138. The quantitative estimate of drug-likeness (QED) is 0.711. The molecule has 0 saturated heterocycles. The van der Waals surface area contributed by atoms with Gasteiger partial charge in [0.1, 0.15) is 0 Å². The Labute approximate surface area is 80.9 Å². The minimum Gasteiger partial charge on any atom is -0.481 e. The summed E-state index contributed by atoms with van der Waals surface area (Å²) in [7, 11) is 0. The Balaban J connectivity index is 0. The van der Waals surface area contributed by atoms with Crippen molar-refractivity contribution in [3.63, 3.8) is 0 Å². The van der Waals surface area contributed by atoms with E-state index < -0.39 is 24.2 Å². The molecule has 80 valence electrons. The number of nitrogens with two attached hydrogens (primary N) is 1. The summed E-state index contributed by atoms with van der Waals surface area (Å²) in [4.78, 5) is 9.65. The fourth-order valence-corrected chi connectivity index (χ4v) is 0.343. The number of rotatable bonds is 3. The lowest BCUT2D eigenvalue weighted by Gasteiger charge is -2.02. The van der Waals surface area contributed by atoms with Gasteiger partial charge in [-0.1, -0.05) is 13.8 Å². The summed E-state index contributed by atoms with van der Waals surface area (Å²) < 4.78 is 23.2. The second kappa shape index (κ2) is 7.03. The van der Waals surface area contributed by atoms with Gasteiger partial charge < -0.3 is 10.8 Å². The predicted octanol–water partition coefficient (Wildman–Crippen LogP) is 2.04. The van der Waals surface area contributed by atoms with Crippen molar-refractivity contribution in [1.29, 1.82) is 0 Å². The van der Waals surface area contributed by atoms with Crippen LogP contribution < -0.4 is 5.73 Å². The zero-order valence-corrected chi connectivity index (χ0v) is 8.31. The van der Waals surface area contributed by atoms with E-state index in [4.69, 9.17) is 10.8 Å². The molecule has 0 aliphatic carbocycles. The van der Waals surface area contributed by atoms with Crippen LogP contribution in [0.15, 0.2) is 0 Å². The first kappa shape index (κ1) is 15.1. The molecule has 0 unspecified atom stereocenters. The summed E-state index contributed by atoms with van der Waals surface area (Å²) in [5, 5.41) is 4.51. The molecule has 0 heterocycles. The molecular weight excluding hydrogens is 204 g/mol. The van der Waals surface area contributed by atoms with E-state index in [1.54, 1.807) is 0 Å². The highest BCUT2D eigenvalue weighted by Crippen LogP contribution is 2.24. The van der Waals surface area contributed by atoms with Gasteiger partial charge in [0, 0.05) is 6.42 Å². The predicted molar refractivity (Wildman–Crippen MR) is 47.0 cm³/mol. The fourth-order valence-electron chi connectivity index (χ4n) is 0.249. The van der Waals surface area contributed by atoms with Crippen molar-refractivity contribution in [3.8, 4) is 0 Å². The molecule has 3 N–H and O–H groups in total. The number of carbonyl (C=O) groups is 1. The molecule has 0 saturated carbocycles. The first-order chi connectivity index (χ1) is 5.65. The van der Waals surface area contributed by atoms with Crippen molar-refractivity contribution in [2.75, 3.05) is 0 Å². The van der Waals surface area contributed by atoms with Gasteiger partial charge in [-0.25, -0.2) is 0 Å². The number of hydrogen-bond acceptors (Lipinski definition) is 2. The maximum absolute atomic E-state index is 11.6. The minimum absolute atomic E-state index is 0.333. The van der Waals surface area contributed by atoms with Crippen molar-refractivity contribution in [3.05, 3.63) is 0 Å². The van der Waals surface area contributed by atoms with E-state index in [9.17, 15) is 13.6 Å². The van der Waals surface area contributed by atoms with Gasteiger partial charge in [0.25, 0.3) is 0 Å². The van der Waals surface area contributed by atoms with Crippen LogP contribution in [0.25, 0.3) is 0 Å². The Bertz CT molecular complexity index is 145. The summed E-state index contributed by atoms with van der Waals surface area (Å²) in [5.74, 6) is -1.27. The third kappa shape index (κ3) is 34.1. The molecule has 3 nitrogen and oxygen atoms in total. The summed E-state index contributed by atoms with van der Waals surface area (Å²) >= 11 is 4.38. The van der Waals surface area contributed by atoms with Crippen LogP contribution in [0.1, 0.15) is 26.7 Å². The number of carboxylic acids is 1. The molecule has 0 bridgehead atoms. The fraction of sp³-hybridized carbons (Fsp3) is 0.857. The SMILES string of the molecule is CC(C)N.O=C(O)CCC(F)(F)Cl. The average Bonchev–Trinajstić information content (AvgIpc) is 1.80. The lowest BCUT2D eigenvalue weighted by atomic mass is 10.3. The Hall–Kier alpha value is -0.420. The molecule has 0 aliphatic heterocycles. The average molecular weight is 218 g/mol. The Morgan fingerprint density at radius 1 is 1.62 bits per heavy atom. The smallest absolute Gasteiger partial charge is 0.322 e. The Kier molecular flexibility index (Phi) is 8.15. The van der Waals surface area contributed by atoms with Gasteiger partial charge in [-0.2, -0.15) is 8.78 Å². The van der Waals surface area contributed by atoms with Gasteiger partial charge in [-0.15, -0.1) is 0 Å². The van der Waals surface area contributed by atoms with E-state index in [1.807, 2.05) is 13.8 Å². The van der Waals surface area contributed by atoms with Crippen molar-refractivity contribution < 1.29 is 18.7 Å². The van der Waals surface area contributed by atoms with E-state index in [-0.39, 0.29) is 0 Å². The number of halogens is 3. The molecule has 0 radical (unpaired) electrons. The second-order valence-electron chi connectivity index (χ2n) is 2.75. The summed E-state index contributed by atoms with van der Waals surface area (Å²) in [6, 6.07) is 0.333. The van der Waals surface area contributed by atoms with Crippen LogP contribution in [0.3, 0.4) is 0 Å². The highest BCUT2D eigenvalue weighted by atomic mass is 35.5. The maximum Gasteiger partial charge on any atom is 0.322 e. The van der Waals surface area contributed by atoms with E-state index in [0.29, 0.717) is 6.04 Å². The number of aliphatic carboxylic acids is 1. The molecule has 0 aromatic rings. The van der Waals surface area contributed by atoms with Crippen LogP contribution in [-0.4, -0.2) is 22.5 Å². The minimum atomic E-state index is -3.38. The van der Waals surface area contributed by atoms with Crippen molar-refractivity contribution in [1.82, 2.24) is 0 Å². The van der Waals surface area contributed by atoms with Gasteiger partial charge in [-0.3, -0.25) is 4.79 Å². The van der Waals surface area contributed by atoms with E-state index in [1.165, 1.54) is 0 Å². The van der Waals surface area contributed by atoms with Gasteiger partial charge >= 0.3 is 11.4 Å². The molecule has 0 aliphatic rings. The Morgan fingerprint density at radius 2 is 1.92 bits per heavy atom. The lowest BCUT2D eigenvalue weighted by Crippen LogP contribution is -2.08. The van der Waals surface area contributed by atoms with Crippen LogP contribution in [0.4, 0.5) is 8.78 Å². The zero-order chi connectivity index (χ0) is 11.1. The summed E-state index contributed by atoms with van der Waals surface area (Å²) in [6.45, 7) is 3.89. The molecular formula is C7H14ClF2NO2. The van der Waals surface area contributed by atoms with Crippen LogP contribution in [-0.2, 0) is 4.79 Å². The second-order valence-corrected chi connectivity index (χ2v) is 3.31. The summed E-state index contributed by atoms with van der Waals surface area (Å²) in [5.41, 5.74) is 5.11. The maximum atomic E-state index is 11.6. The van der Waals surface area contributed by atoms with Crippen molar-refractivity contribution in [2.45, 2.75) is 38.1 Å². The summed E-state index contributed by atoms with van der Waals surface area (Å²) in [6.07, 6.45) is -1.42. The normalized spacial score (nSPS) is 10.7. The van der Waals surface area contributed by atoms with Crippen LogP contribution in [0.5, 0.6) is 0 Å². The van der Waals surface area contributed by atoms with E-state index >= 15 is 0 Å². The topological polar surface area (TPSA) is 63.3 Å². The molecule has 0 amide bonds. The van der Waals surface area contributed by atoms with Crippen molar-refractivity contribution >= 4 is 17.6 Å². The van der Waals surface area contributed by atoms with E-state index in [2.05, 4.69) is 11.6 Å². The largest absolute Gasteiger partial charge is 0.481 e. The third-order valence-corrected chi connectivity index (χ3v) is 0.811.